The van der Waals surface area contributed by atoms with Gasteiger partial charge in [-0.15, -0.1) is 11.3 Å². The smallest absolute Gasteiger partial charge is 0.174 e. The Bertz CT molecular complexity index is 757. The van der Waals surface area contributed by atoms with Crippen LogP contribution in [0.15, 0.2) is 18.2 Å². The molecule has 0 saturated carbocycles. The lowest BCUT2D eigenvalue weighted by Crippen LogP contribution is -2.05. The Morgan fingerprint density at radius 2 is 2.17 bits per heavy atom. The van der Waals surface area contributed by atoms with Crippen LogP contribution in [-0.2, 0) is 0 Å². The van der Waals surface area contributed by atoms with E-state index in [9.17, 15) is 10.1 Å². The molecule has 0 amide bonds. The number of nitrogens with zero attached hydrogens (tertiary/aromatic N) is 2. The molecule has 120 valence electrons. The number of aromatic nitrogens is 1. The Hall–Kier alpha value is -2.19. The number of hydrogen-bond donors (Lipinski definition) is 0. The lowest BCUT2D eigenvalue weighted by Gasteiger charge is -2.10. The standard InChI is InChI=1S/C18H20N2O2S/c1-5-15(21)17-12(4)20-18(23-17)13-6-7-16(14(8-13)9-19)22-10-11(2)3/h6-8,11H,5,10H2,1-4H3. The van der Waals surface area contributed by atoms with Gasteiger partial charge in [-0.2, -0.15) is 5.26 Å². The second-order valence-electron chi connectivity index (χ2n) is 5.74. The fraction of sp³-hybridized carbons (Fsp3) is 0.389. The molecule has 0 aliphatic carbocycles. The second kappa shape index (κ2) is 7.38. The zero-order chi connectivity index (χ0) is 17.0. The summed E-state index contributed by atoms with van der Waals surface area (Å²) in [6.07, 6.45) is 0.466. The summed E-state index contributed by atoms with van der Waals surface area (Å²) in [5, 5.41) is 10.1. The van der Waals surface area contributed by atoms with E-state index in [1.807, 2.05) is 19.9 Å². The normalized spacial score (nSPS) is 10.6. The molecule has 0 N–H and O–H groups in total. The zero-order valence-electron chi connectivity index (χ0n) is 13.8. The van der Waals surface area contributed by atoms with Crippen LogP contribution in [0.1, 0.15) is 48.1 Å². The molecule has 23 heavy (non-hydrogen) atoms. The van der Waals surface area contributed by atoms with Crippen molar-refractivity contribution in [1.82, 2.24) is 4.98 Å². The fourth-order valence-corrected chi connectivity index (χ4v) is 3.14. The van der Waals surface area contributed by atoms with Gasteiger partial charge >= 0.3 is 0 Å². The van der Waals surface area contributed by atoms with Crippen molar-refractivity contribution in [2.75, 3.05) is 6.61 Å². The van der Waals surface area contributed by atoms with E-state index in [0.717, 1.165) is 16.3 Å². The number of benzene rings is 1. The minimum atomic E-state index is 0.101. The van der Waals surface area contributed by atoms with Gasteiger partial charge < -0.3 is 4.74 Å². The molecule has 0 spiro atoms. The predicted molar refractivity (Wildman–Crippen MR) is 92.0 cm³/mol. The van der Waals surface area contributed by atoms with Gasteiger partial charge in [-0.3, -0.25) is 4.79 Å². The van der Waals surface area contributed by atoms with E-state index >= 15 is 0 Å². The molecule has 1 aromatic heterocycles. The summed E-state index contributed by atoms with van der Waals surface area (Å²) >= 11 is 1.38. The highest BCUT2D eigenvalue weighted by Crippen LogP contribution is 2.31. The first-order valence-corrected chi connectivity index (χ1v) is 8.45. The fourth-order valence-electron chi connectivity index (χ4n) is 2.07. The van der Waals surface area contributed by atoms with Crippen molar-refractivity contribution in [2.24, 2.45) is 5.92 Å². The van der Waals surface area contributed by atoms with Gasteiger partial charge in [0, 0.05) is 12.0 Å². The van der Waals surface area contributed by atoms with Gasteiger partial charge in [0.25, 0.3) is 0 Å². The first kappa shape index (κ1) is 17.2. The van der Waals surface area contributed by atoms with Crippen LogP contribution in [-0.4, -0.2) is 17.4 Å². The predicted octanol–water partition coefficient (Wildman–Crippen LogP) is 4.62. The van der Waals surface area contributed by atoms with Crippen molar-refractivity contribution in [3.05, 3.63) is 34.3 Å². The number of ketones is 1. The van der Waals surface area contributed by atoms with Crippen molar-refractivity contribution < 1.29 is 9.53 Å². The molecule has 1 heterocycles. The van der Waals surface area contributed by atoms with Crippen molar-refractivity contribution in [3.63, 3.8) is 0 Å². The van der Waals surface area contributed by atoms with Crippen LogP contribution in [0, 0.1) is 24.2 Å². The molecule has 2 rings (SSSR count). The van der Waals surface area contributed by atoms with Gasteiger partial charge in [-0.05, 0) is 31.0 Å². The van der Waals surface area contributed by atoms with E-state index in [4.69, 9.17) is 4.74 Å². The average molecular weight is 328 g/mol. The summed E-state index contributed by atoms with van der Waals surface area (Å²) in [5.41, 5.74) is 2.07. The molecule has 0 unspecified atom stereocenters. The molecular weight excluding hydrogens is 308 g/mol. The van der Waals surface area contributed by atoms with E-state index < -0.39 is 0 Å². The molecule has 0 saturated heterocycles. The van der Waals surface area contributed by atoms with Crippen LogP contribution < -0.4 is 4.74 Å². The highest BCUT2D eigenvalue weighted by atomic mass is 32.1. The highest BCUT2D eigenvalue weighted by molar-refractivity contribution is 7.17. The number of carbonyl (C=O) groups excluding carboxylic acids is 1. The summed E-state index contributed by atoms with van der Waals surface area (Å²) in [5.74, 6) is 1.08. The van der Waals surface area contributed by atoms with Gasteiger partial charge in [0.1, 0.15) is 16.8 Å². The summed E-state index contributed by atoms with van der Waals surface area (Å²) in [6.45, 7) is 8.37. The molecule has 1 aromatic carbocycles. The number of hydrogen-bond acceptors (Lipinski definition) is 5. The van der Waals surface area contributed by atoms with Gasteiger partial charge in [0.05, 0.1) is 22.7 Å². The monoisotopic (exact) mass is 328 g/mol. The minimum absolute atomic E-state index is 0.101. The maximum atomic E-state index is 11.9. The summed E-state index contributed by atoms with van der Waals surface area (Å²) in [6, 6.07) is 7.63. The summed E-state index contributed by atoms with van der Waals surface area (Å²) < 4.78 is 5.67. The van der Waals surface area contributed by atoms with Crippen LogP contribution >= 0.6 is 11.3 Å². The highest BCUT2D eigenvalue weighted by Gasteiger charge is 2.16. The van der Waals surface area contributed by atoms with Crippen LogP contribution in [0.4, 0.5) is 0 Å². The topological polar surface area (TPSA) is 63.0 Å². The third-order valence-electron chi connectivity index (χ3n) is 3.29. The first-order valence-electron chi connectivity index (χ1n) is 7.64. The quantitative estimate of drug-likeness (QED) is 0.726. The molecule has 2 aromatic rings. The van der Waals surface area contributed by atoms with Crippen LogP contribution in [0.2, 0.25) is 0 Å². The maximum absolute atomic E-state index is 11.9. The molecule has 5 heteroatoms. The van der Waals surface area contributed by atoms with Gasteiger partial charge in [-0.25, -0.2) is 4.98 Å². The second-order valence-corrected chi connectivity index (χ2v) is 6.74. The number of thiazole rings is 1. The molecule has 0 fully saturated rings. The number of nitriles is 1. The molecular formula is C18H20N2O2S. The van der Waals surface area contributed by atoms with Crippen LogP contribution in [0.25, 0.3) is 10.6 Å². The number of Topliss-reactive ketones (excluding diaryl/α,β-unsaturated/α-hetero) is 1. The molecule has 0 radical (unpaired) electrons. The number of aryl methyl sites for hydroxylation is 1. The van der Waals surface area contributed by atoms with E-state index in [0.29, 0.717) is 35.1 Å². The largest absolute Gasteiger partial charge is 0.492 e. The number of carbonyl (C=O) groups is 1. The van der Waals surface area contributed by atoms with E-state index in [1.165, 1.54) is 11.3 Å². The van der Waals surface area contributed by atoms with Crippen molar-refractivity contribution in [1.29, 1.82) is 5.26 Å². The SMILES string of the molecule is CCC(=O)c1sc(-c2ccc(OCC(C)C)c(C#N)c2)nc1C. The molecule has 0 bridgehead atoms. The average Bonchev–Trinajstić information content (AvgIpc) is 2.93. The Balaban J connectivity index is 2.34. The Kier molecular flexibility index (Phi) is 5.51. The zero-order valence-corrected chi connectivity index (χ0v) is 14.7. The van der Waals surface area contributed by atoms with E-state index in [1.54, 1.807) is 12.1 Å². The van der Waals surface area contributed by atoms with Crippen LogP contribution in [0.3, 0.4) is 0 Å². The maximum Gasteiger partial charge on any atom is 0.174 e. The molecule has 4 nitrogen and oxygen atoms in total. The lowest BCUT2D eigenvalue weighted by molar-refractivity contribution is 0.0991. The van der Waals surface area contributed by atoms with E-state index in [2.05, 4.69) is 24.9 Å². The summed E-state index contributed by atoms with van der Waals surface area (Å²) in [4.78, 5) is 17.1. The van der Waals surface area contributed by atoms with Gasteiger partial charge in [-0.1, -0.05) is 20.8 Å². The Morgan fingerprint density at radius 1 is 1.43 bits per heavy atom. The Morgan fingerprint density at radius 3 is 2.78 bits per heavy atom. The van der Waals surface area contributed by atoms with Gasteiger partial charge in [0.15, 0.2) is 5.78 Å². The minimum Gasteiger partial charge on any atom is -0.492 e. The summed E-state index contributed by atoms with van der Waals surface area (Å²) in [7, 11) is 0. The van der Waals surface area contributed by atoms with Crippen molar-refractivity contribution in [3.8, 4) is 22.4 Å². The number of ether oxygens (including phenoxy) is 1. The Labute approximate surface area is 140 Å². The third kappa shape index (κ3) is 3.96. The molecule has 0 atom stereocenters. The molecule has 0 aliphatic rings. The van der Waals surface area contributed by atoms with Crippen LogP contribution in [0.5, 0.6) is 5.75 Å². The van der Waals surface area contributed by atoms with E-state index in [-0.39, 0.29) is 5.78 Å². The van der Waals surface area contributed by atoms with Gasteiger partial charge in [0.2, 0.25) is 0 Å². The first-order chi connectivity index (χ1) is 11.0. The lowest BCUT2D eigenvalue weighted by atomic mass is 10.1. The number of rotatable bonds is 6. The van der Waals surface area contributed by atoms with Crippen molar-refractivity contribution in [2.45, 2.75) is 34.1 Å². The molecule has 0 aliphatic heterocycles. The third-order valence-corrected chi connectivity index (χ3v) is 4.54. The van der Waals surface area contributed by atoms with Crippen molar-refractivity contribution >= 4 is 17.1 Å².